The van der Waals surface area contributed by atoms with Gasteiger partial charge >= 0.3 is 0 Å². The molecule has 1 aliphatic rings. The lowest BCUT2D eigenvalue weighted by Crippen LogP contribution is -2.48. The van der Waals surface area contributed by atoms with E-state index in [4.69, 9.17) is 4.99 Å². The molecule has 0 bridgehead atoms. The van der Waals surface area contributed by atoms with Crippen molar-refractivity contribution in [1.82, 2.24) is 30.1 Å². The average molecular weight is 547 g/mol. The number of aryl methyl sites for hydroxylation is 1. The van der Waals surface area contributed by atoms with Gasteiger partial charge in [-0.25, -0.2) is 0 Å². The van der Waals surface area contributed by atoms with Crippen LogP contribution >= 0.6 is 24.0 Å². The summed E-state index contributed by atoms with van der Waals surface area (Å²) >= 11 is 0. The van der Waals surface area contributed by atoms with Crippen molar-refractivity contribution < 1.29 is 0 Å². The minimum atomic E-state index is 0. The molecule has 0 atom stereocenters. The van der Waals surface area contributed by atoms with Crippen LogP contribution in [0.15, 0.2) is 59.7 Å². The number of nitrogens with one attached hydrogen (secondary N) is 2. The third kappa shape index (κ3) is 6.90. The van der Waals surface area contributed by atoms with E-state index in [1.54, 1.807) is 0 Å². The number of piperidine rings is 1. The number of guanidine groups is 1. The van der Waals surface area contributed by atoms with E-state index >= 15 is 0 Å². The molecular weight excluding hydrogens is 513 g/mol. The summed E-state index contributed by atoms with van der Waals surface area (Å²) in [7, 11) is 0. The molecule has 1 fully saturated rings. The Morgan fingerprint density at radius 2 is 1.84 bits per heavy atom. The van der Waals surface area contributed by atoms with E-state index in [-0.39, 0.29) is 24.0 Å². The Kier molecular flexibility index (Phi) is 9.73. The fourth-order valence-corrected chi connectivity index (χ4v) is 4.08. The van der Waals surface area contributed by atoms with Gasteiger partial charge in [0.05, 0.1) is 0 Å². The minimum absolute atomic E-state index is 0. The highest BCUT2D eigenvalue weighted by atomic mass is 127. The number of hydrogen-bond acceptors (Lipinski definition) is 4. The first-order valence-electron chi connectivity index (χ1n) is 11.4. The van der Waals surface area contributed by atoms with Crippen molar-refractivity contribution in [3.63, 3.8) is 0 Å². The van der Waals surface area contributed by atoms with Crippen LogP contribution < -0.4 is 10.6 Å². The van der Waals surface area contributed by atoms with Crippen molar-refractivity contribution in [3.05, 3.63) is 66.1 Å². The molecule has 7 nitrogen and oxygen atoms in total. The third-order valence-corrected chi connectivity index (χ3v) is 5.73. The van der Waals surface area contributed by atoms with Crippen LogP contribution in [0.3, 0.4) is 0 Å². The maximum Gasteiger partial charge on any atom is 0.191 e. The molecule has 0 amide bonds. The summed E-state index contributed by atoms with van der Waals surface area (Å²) < 4.78 is 2.05. The standard InChI is InChI=1S/C24H33N7.HI/c1-2-25-24(26-15-8-12-23-29-28-22-11-6-7-16-31(22)23)27-21-13-17-30(18-14-21)19-20-9-4-3-5-10-20;/h3-7,9-11,16,21H,2,8,12-15,17-19H2,1H3,(H2,25,26,27);1H. The first kappa shape index (κ1) is 24.4. The summed E-state index contributed by atoms with van der Waals surface area (Å²) in [6.07, 6.45) is 6.11. The summed E-state index contributed by atoms with van der Waals surface area (Å²) in [5.41, 5.74) is 2.29. The molecule has 0 radical (unpaired) electrons. The van der Waals surface area contributed by atoms with Crippen molar-refractivity contribution in [2.75, 3.05) is 26.2 Å². The Morgan fingerprint density at radius 3 is 2.62 bits per heavy atom. The lowest BCUT2D eigenvalue weighted by molar-refractivity contribution is 0.198. The Balaban J connectivity index is 0.00000289. The number of fused-ring (bicyclic) bond motifs is 1. The predicted octanol–water partition coefficient (Wildman–Crippen LogP) is 3.50. The average Bonchev–Trinajstić information content (AvgIpc) is 3.22. The largest absolute Gasteiger partial charge is 0.357 e. The van der Waals surface area contributed by atoms with E-state index in [0.717, 1.165) is 75.8 Å². The van der Waals surface area contributed by atoms with E-state index in [0.29, 0.717) is 6.04 Å². The second kappa shape index (κ2) is 12.7. The monoisotopic (exact) mass is 547 g/mol. The van der Waals surface area contributed by atoms with Gasteiger partial charge in [-0.15, -0.1) is 34.2 Å². The quantitative estimate of drug-likeness (QED) is 0.196. The fourth-order valence-electron chi connectivity index (χ4n) is 4.08. The van der Waals surface area contributed by atoms with E-state index in [1.165, 1.54) is 5.56 Å². The van der Waals surface area contributed by atoms with Crippen LogP contribution in [0, 0.1) is 0 Å². The first-order valence-corrected chi connectivity index (χ1v) is 11.4. The van der Waals surface area contributed by atoms with Crippen LogP contribution in [-0.4, -0.2) is 57.7 Å². The van der Waals surface area contributed by atoms with Gasteiger partial charge in [0, 0.05) is 51.4 Å². The molecule has 2 aromatic heterocycles. The van der Waals surface area contributed by atoms with Crippen LogP contribution in [0.4, 0.5) is 0 Å². The Bertz CT molecular complexity index is 965. The lowest BCUT2D eigenvalue weighted by atomic mass is 10.0. The molecule has 1 saturated heterocycles. The molecule has 0 unspecified atom stereocenters. The van der Waals surface area contributed by atoms with Crippen LogP contribution in [-0.2, 0) is 13.0 Å². The second-order valence-corrected chi connectivity index (χ2v) is 8.09. The fraction of sp³-hybridized carbons (Fsp3) is 0.458. The third-order valence-electron chi connectivity index (χ3n) is 5.73. The molecular formula is C24H34IN7. The topological polar surface area (TPSA) is 69.8 Å². The van der Waals surface area contributed by atoms with Crippen molar-refractivity contribution in [2.24, 2.45) is 4.99 Å². The number of benzene rings is 1. The highest BCUT2D eigenvalue weighted by Crippen LogP contribution is 2.14. The molecule has 1 aliphatic heterocycles. The van der Waals surface area contributed by atoms with Gasteiger partial charge in [0.25, 0.3) is 0 Å². The zero-order chi connectivity index (χ0) is 21.3. The van der Waals surface area contributed by atoms with E-state index in [9.17, 15) is 0 Å². The zero-order valence-electron chi connectivity index (χ0n) is 18.8. The van der Waals surface area contributed by atoms with Crippen molar-refractivity contribution in [2.45, 2.75) is 45.2 Å². The summed E-state index contributed by atoms with van der Waals surface area (Å²) in [5, 5.41) is 15.6. The van der Waals surface area contributed by atoms with Crippen LogP contribution in [0.25, 0.3) is 5.65 Å². The molecule has 0 aliphatic carbocycles. The molecule has 32 heavy (non-hydrogen) atoms. The highest BCUT2D eigenvalue weighted by Gasteiger charge is 2.20. The number of halogens is 1. The highest BCUT2D eigenvalue weighted by molar-refractivity contribution is 14.0. The van der Waals surface area contributed by atoms with E-state index < -0.39 is 0 Å². The van der Waals surface area contributed by atoms with Gasteiger partial charge in [-0.05, 0) is 43.9 Å². The lowest BCUT2D eigenvalue weighted by Gasteiger charge is -2.33. The maximum absolute atomic E-state index is 4.80. The van der Waals surface area contributed by atoms with Gasteiger partial charge in [-0.3, -0.25) is 14.3 Å². The van der Waals surface area contributed by atoms with Crippen LogP contribution in [0.5, 0.6) is 0 Å². The van der Waals surface area contributed by atoms with Crippen molar-refractivity contribution in [3.8, 4) is 0 Å². The summed E-state index contributed by atoms with van der Waals surface area (Å²) in [6.45, 7) is 7.02. The van der Waals surface area contributed by atoms with Gasteiger partial charge in [0.1, 0.15) is 5.82 Å². The van der Waals surface area contributed by atoms with Gasteiger partial charge in [-0.2, -0.15) is 0 Å². The molecule has 3 heterocycles. The van der Waals surface area contributed by atoms with Crippen LogP contribution in [0.1, 0.15) is 37.6 Å². The number of aromatic nitrogens is 3. The Hall–Kier alpha value is -2.20. The summed E-state index contributed by atoms with van der Waals surface area (Å²) in [4.78, 5) is 7.34. The SMILES string of the molecule is CCNC(=NCCCc1nnc2ccccn12)NC1CCN(Cc2ccccc2)CC1.I. The number of nitrogens with zero attached hydrogens (tertiary/aromatic N) is 5. The number of hydrogen-bond donors (Lipinski definition) is 2. The van der Waals surface area contributed by atoms with Gasteiger partial charge in [0.2, 0.25) is 0 Å². The molecule has 3 aromatic rings. The maximum atomic E-state index is 4.80. The van der Waals surface area contributed by atoms with Gasteiger partial charge in [-0.1, -0.05) is 36.4 Å². The molecule has 2 N–H and O–H groups in total. The summed E-state index contributed by atoms with van der Waals surface area (Å²) in [5.74, 6) is 1.92. The van der Waals surface area contributed by atoms with Crippen LogP contribution in [0.2, 0.25) is 0 Å². The smallest absolute Gasteiger partial charge is 0.191 e. The minimum Gasteiger partial charge on any atom is -0.357 e. The number of likely N-dealkylation sites (tertiary alicyclic amines) is 1. The van der Waals surface area contributed by atoms with Crippen molar-refractivity contribution >= 4 is 35.6 Å². The normalized spacial score (nSPS) is 15.5. The van der Waals surface area contributed by atoms with E-state index in [1.807, 2.05) is 24.4 Å². The van der Waals surface area contributed by atoms with Gasteiger partial charge < -0.3 is 10.6 Å². The van der Waals surface area contributed by atoms with Crippen molar-refractivity contribution in [1.29, 1.82) is 0 Å². The van der Waals surface area contributed by atoms with Gasteiger partial charge in [0.15, 0.2) is 11.6 Å². The molecule has 0 saturated carbocycles. The second-order valence-electron chi connectivity index (χ2n) is 8.09. The van der Waals surface area contributed by atoms with E-state index in [2.05, 4.69) is 67.4 Å². The molecule has 172 valence electrons. The predicted molar refractivity (Wildman–Crippen MR) is 141 cm³/mol. The molecule has 8 heteroatoms. The molecule has 4 rings (SSSR count). The summed E-state index contributed by atoms with van der Waals surface area (Å²) in [6, 6.07) is 17.2. The number of rotatable bonds is 8. The number of pyridine rings is 1. The molecule has 1 aromatic carbocycles. The number of aliphatic imine (C=N–C) groups is 1. The Morgan fingerprint density at radius 1 is 1.06 bits per heavy atom. The molecule has 0 spiro atoms. The Labute approximate surface area is 207 Å². The first-order chi connectivity index (χ1) is 15.3. The zero-order valence-corrected chi connectivity index (χ0v) is 21.1.